The van der Waals surface area contributed by atoms with Crippen LogP contribution >= 0.6 is 15.9 Å². The van der Waals surface area contributed by atoms with Crippen LogP contribution in [0.4, 0.5) is 0 Å². The molecule has 0 radical (unpaired) electrons. The molecule has 4 heteroatoms. The Labute approximate surface area is 127 Å². The first-order valence-electron chi connectivity index (χ1n) is 7.03. The number of rotatable bonds is 5. The van der Waals surface area contributed by atoms with Crippen LogP contribution in [0, 0.1) is 0 Å². The van der Waals surface area contributed by atoms with E-state index in [1.54, 1.807) is 0 Å². The van der Waals surface area contributed by atoms with Gasteiger partial charge in [-0.25, -0.2) is 0 Å². The van der Waals surface area contributed by atoms with Gasteiger partial charge in [0.05, 0.1) is 25.3 Å². The Morgan fingerprint density at radius 3 is 2.95 bits per heavy atom. The van der Waals surface area contributed by atoms with Gasteiger partial charge in [0, 0.05) is 16.1 Å². The molecule has 106 valence electrons. The third kappa shape index (κ3) is 2.87. The second-order valence-corrected chi connectivity index (χ2v) is 5.93. The lowest BCUT2D eigenvalue weighted by molar-refractivity contribution is -0.128. The zero-order chi connectivity index (χ0) is 13.9. The first kappa shape index (κ1) is 14.0. The summed E-state index contributed by atoms with van der Waals surface area (Å²) in [6, 6.07) is 6.46. The Kier molecular flexibility index (Phi) is 4.34. The van der Waals surface area contributed by atoms with Gasteiger partial charge in [0.25, 0.3) is 0 Å². The second kappa shape index (κ2) is 6.20. The van der Waals surface area contributed by atoms with Crippen molar-refractivity contribution in [1.29, 1.82) is 0 Å². The number of aryl methyl sites for hydroxylation is 1. The molecule has 1 saturated heterocycles. The first-order chi connectivity index (χ1) is 9.78. The van der Waals surface area contributed by atoms with Crippen molar-refractivity contribution in [3.8, 4) is 0 Å². The highest BCUT2D eigenvalue weighted by atomic mass is 79.9. The van der Waals surface area contributed by atoms with E-state index < -0.39 is 0 Å². The van der Waals surface area contributed by atoms with Crippen molar-refractivity contribution in [3.63, 3.8) is 0 Å². The number of pyridine rings is 1. The lowest BCUT2D eigenvalue weighted by Crippen LogP contribution is -2.36. The van der Waals surface area contributed by atoms with Gasteiger partial charge in [-0.15, -0.1) is 0 Å². The Bertz CT molecular complexity index is 611. The smallest absolute Gasteiger partial charge is 0.104 e. The lowest BCUT2D eigenvalue weighted by Gasteiger charge is -2.26. The Hall–Kier alpha value is -0.970. The minimum Gasteiger partial charge on any atom is -0.376 e. The topological polar surface area (TPSA) is 31.4 Å². The number of ether oxygens (including phenoxy) is 2. The summed E-state index contributed by atoms with van der Waals surface area (Å²) in [5.41, 5.74) is 3.68. The molecule has 1 fully saturated rings. The van der Waals surface area contributed by atoms with Crippen LogP contribution in [0.3, 0.4) is 0 Å². The van der Waals surface area contributed by atoms with E-state index in [0.717, 1.165) is 42.7 Å². The number of fused-ring (bicyclic) bond motifs is 1. The van der Waals surface area contributed by atoms with Crippen LogP contribution < -0.4 is 0 Å². The van der Waals surface area contributed by atoms with Crippen LogP contribution in [-0.2, 0) is 22.3 Å². The van der Waals surface area contributed by atoms with Gasteiger partial charge in [-0.1, -0.05) is 28.9 Å². The van der Waals surface area contributed by atoms with E-state index in [1.165, 1.54) is 16.5 Å². The molecule has 2 aromatic rings. The number of benzene rings is 1. The highest BCUT2D eigenvalue weighted by molar-refractivity contribution is 9.10. The molecule has 0 unspecified atom stereocenters. The van der Waals surface area contributed by atoms with E-state index in [1.807, 2.05) is 12.3 Å². The summed E-state index contributed by atoms with van der Waals surface area (Å²) in [5.74, 6) is 0. The number of halogens is 1. The van der Waals surface area contributed by atoms with E-state index in [9.17, 15) is 0 Å². The monoisotopic (exact) mass is 335 g/mol. The molecule has 0 N–H and O–H groups in total. The molecule has 0 amide bonds. The van der Waals surface area contributed by atoms with E-state index >= 15 is 0 Å². The van der Waals surface area contributed by atoms with Crippen molar-refractivity contribution in [3.05, 3.63) is 40.0 Å². The average molecular weight is 336 g/mol. The molecular weight excluding hydrogens is 318 g/mol. The predicted octanol–water partition coefficient (Wildman–Crippen LogP) is 3.52. The van der Waals surface area contributed by atoms with E-state index in [2.05, 4.69) is 40.0 Å². The molecular formula is C16H18BrNO2. The first-order valence-corrected chi connectivity index (χ1v) is 7.82. The van der Waals surface area contributed by atoms with Crippen molar-refractivity contribution >= 4 is 26.8 Å². The minimum absolute atomic E-state index is 0.287. The molecule has 1 aromatic carbocycles. The normalized spacial score (nSPS) is 15.5. The molecule has 0 bridgehead atoms. The predicted molar refractivity (Wildman–Crippen MR) is 83.1 cm³/mol. The maximum absolute atomic E-state index is 5.77. The SMILES string of the molecule is CCc1cc(CCOC2COC2)c2nccc(Br)c2c1. The van der Waals surface area contributed by atoms with Crippen LogP contribution in [0.1, 0.15) is 18.1 Å². The standard InChI is InChI=1S/C16H18BrNO2/c1-2-11-7-12(4-6-20-13-9-19-10-13)16-14(8-11)15(17)3-5-18-16/h3,5,7-8,13H,2,4,6,9-10H2,1H3. The maximum Gasteiger partial charge on any atom is 0.104 e. The number of hydrogen-bond donors (Lipinski definition) is 0. The summed E-state index contributed by atoms with van der Waals surface area (Å²) in [5, 5.41) is 1.19. The molecule has 1 aromatic heterocycles. The number of hydrogen-bond acceptors (Lipinski definition) is 3. The zero-order valence-corrected chi connectivity index (χ0v) is 13.1. The number of aromatic nitrogens is 1. The molecule has 1 aliphatic rings. The van der Waals surface area contributed by atoms with Crippen molar-refractivity contribution in [2.75, 3.05) is 19.8 Å². The Morgan fingerprint density at radius 2 is 2.25 bits per heavy atom. The maximum atomic E-state index is 5.77. The summed E-state index contributed by atoms with van der Waals surface area (Å²) >= 11 is 3.62. The molecule has 0 spiro atoms. The molecule has 20 heavy (non-hydrogen) atoms. The van der Waals surface area contributed by atoms with Crippen molar-refractivity contribution < 1.29 is 9.47 Å². The van der Waals surface area contributed by atoms with Gasteiger partial charge in [0.15, 0.2) is 0 Å². The van der Waals surface area contributed by atoms with Crippen LogP contribution in [0.25, 0.3) is 10.9 Å². The summed E-state index contributed by atoms with van der Waals surface area (Å²) in [7, 11) is 0. The molecule has 0 atom stereocenters. The van der Waals surface area contributed by atoms with Crippen molar-refractivity contribution in [1.82, 2.24) is 4.98 Å². The van der Waals surface area contributed by atoms with Crippen LogP contribution in [-0.4, -0.2) is 30.9 Å². The number of nitrogens with zero attached hydrogens (tertiary/aromatic N) is 1. The Balaban J connectivity index is 1.85. The third-order valence-corrected chi connectivity index (χ3v) is 4.36. The molecule has 3 nitrogen and oxygen atoms in total. The van der Waals surface area contributed by atoms with Crippen LogP contribution in [0.2, 0.25) is 0 Å². The van der Waals surface area contributed by atoms with E-state index in [4.69, 9.17) is 9.47 Å². The van der Waals surface area contributed by atoms with Crippen molar-refractivity contribution in [2.45, 2.75) is 25.9 Å². The average Bonchev–Trinajstić information content (AvgIpc) is 2.42. The van der Waals surface area contributed by atoms with E-state index in [0.29, 0.717) is 0 Å². The van der Waals surface area contributed by atoms with E-state index in [-0.39, 0.29) is 6.10 Å². The van der Waals surface area contributed by atoms with Gasteiger partial charge in [-0.3, -0.25) is 4.98 Å². The highest BCUT2D eigenvalue weighted by Gasteiger charge is 2.18. The van der Waals surface area contributed by atoms with Crippen molar-refractivity contribution in [2.24, 2.45) is 0 Å². The highest BCUT2D eigenvalue weighted by Crippen LogP contribution is 2.27. The van der Waals surface area contributed by atoms with Gasteiger partial charge in [-0.05, 0) is 36.1 Å². The van der Waals surface area contributed by atoms with Gasteiger partial charge in [0.1, 0.15) is 6.10 Å². The minimum atomic E-state index is 0.287. The quantitative estimate of drug-likeness (QED) is 0.837. The van der Waals surface area contributed by atoms with Gasteiger partial charge in [-0.2, -0.15) is 0 Å². The van der Waals surface area contributed by atoms with Gasteiger partial charge in [0.2, 0.25) is 0 Å². The zero-order valence-electron chi connectivity index (χ0n) is 11.6. The molecule has 3 rings (SSSR count). The van der Waals surface area contributed by atoms with Crippen LogP contribution in [0.5, 0.6) is 0 Å². The van der Waals surface area contributed by atoms with Crippen LogP contribution in [0.15, 0.2) is 28.9 Å². The molecule has 0 aliphatic carbocycles. The van der Waals surface area contributed by atoms with Gasteiger partial charge >= 0.3 is 0 Å². The molecule has 0 saturated carbocycles. The lowest BCUT2D eigenvalue weighted by atomic mass is 10.0. The largest absolute Gasteiger partial charge is 0.376 e. The Morgan fingerprint density at radius 1 is 1.40 bits per heavy atom. The molecule has 2 heterocycles. The summed E-state index contributed by atoms with van der Waals surface area (Å²) < 4.78 is 12.0. The van der Waals surface area contributed by atoms with Gasteiger partial charge < -0.3 is 9.47 Å². The second-order valence-electron chi connectivity index (χ2n) is 5.08. The summed E-state index contributed by atoms with van der Waals surface area (Å²) in [6.45, 7) is 4.38. The molecule has 1 aliphatic heterocycles. The third-order valence-electron chi connectivity index (χ3n) is 3.67. The summed E-state index contributed by atoms with van der Waals surface area (Å²) in [6.07, 6.45) is 4.06. The fraction of sp³-hybridized carbons (Fsp3) is 0.438. The fourth-order valence-corrected chi connectivity index (χ4v) is 2.82. The fourth-order valence-electron chi connectivity index (χ4n) is 2.40. The summed E-state index contributed by atoms with van der Waals surface area (Å²) in [4.78, 5) is 4.54.